The summed E-state index contributed by atoms with van der Waals surface area (Å²) >= 11 is 1.55. The molecule has 0 bridgehead atoms. The van der Waals surface area contributed by atoms with Gasteiger partial charge in [-0.25, -0.2) is 6.08 Å². The van der Waals surface area contributed by atoms with Crippen molar-refractivity contribution >= 4 is 3.21 Å². The maximum absolute atomic E-state index is 3.67. The normalized spacial score (nSPS) is 15.9. The van der Waals surface area contributed by atoms with Crippen LogP contribution in [0.1, 0.15) is 116 Å². The molecule has 0 atom stereocenters. The summed E-state index contributed by atoms with van der Waals surface area (Å²) in [5, 5.41) is 0. The zero-order valence-corrected chi connectivity index (χ0v) is 28.8. The molecule has 0 spiro atoms. The first kappa shape index (κ1) is 35.3. The summed E-state index contributed by atoms with van der Waals surface area (Å²) in [5.41, 5.74) is 10.3. The van der Waals surface area contributed by atoms with Crippen LogP contribution in [-0.2, 0) is 41.5 Å². The van der Waals surface area contributed by atoms with E-state index < -0.39 is 0 Å². The molecule has 1 fully saturated rings. The standard InChI is InChI=1S/C21H25.C11H15.C3H6.2ClH.Zr/c1-20(2,3)16-7-9-18-14(12-16)11-15-13-17(21(4,5)6)8-10-19(15)18;1-2-6-10(7-3-1)11-8-4-5-9-11;1-3-2;;;/h7-10,12H,11H2,1-6H3;8-10H,1-4,6-7H2;1-2H3;2*1H;/q2*-1;;;;+2/p-2. The summed E-state index contributed by atoms with van der Waals surface area (Å²) in [6.07, 6.45) is 17.1. The molecule has 0 amide bonds. The fraction of sp³-hybridized carbons (Fsp3) is 0.514. The van der Waals surface area contributed by atoms with E-state index in [4.69, 9.17) is 0 Å². The summed E-state index contributed by atoms with van der Waals surface area (Å²) in [4.78, 5) is 0. The number of hydrogen-bond donors (Lipinski definition) is 0. The van der Waals surface area contributed by atoms with Gasteiger partial charge in [0.2, 0.25) is 0 Å². The third kappa shape index (κ3) is 10.0. The molecule has 206 valence electrons. The molecule has 0 aromatic heterocycles. The molecular weight excluding hydrogens is 583 g/mol. The Morgan fingerprint density at radius 3 is 1.97 bits per heavy atom. The largest absolute Gasteiger partial charge is 1.00 e. The molecule has 2 aromatic carbocycles. The van der Waals surface area contributed by atoms with Crippen molar-refractivity contribution < 1.29 is 49.0 Å². The van der Waals surface area contributed by atoms with Gasteiger partial charge >= 0.3 is 41.3 Å². The Morgan fingerprint density at radius 2 is 1.45 bits per heavy atom. The Bertz CT molecular complexity index is 1050. The molecule has 0 aliphatic heterocycles. The van der Waals surface area contributed by atoms with Gasteiger partial charge in [0.25, 0.3) is 0 Å². The quantitative estimate of drug-likeness (QED) is 0.361. The van der Waals surface area contributed by atoms with Crippen LogP contribution in [-0.4, -0.2) is 3.21 Å². The summed E-state index contributed by atoms with van der Waals surface area (Å²) in [6.45, 7) is 17.8. The van der Waals surface area contributed by atoms with E-state index in [1.54, 1.807) is 29.8 Å². The molecule has 0 nitrogen and oxygen atoms in total. The Morgan fingerprint density at radius 1 is 0.842 bits per heavy atom. The van der Waals surface area contributed by atoms with Crippen molar-refractivity contribution in [3.63, 3.8) is 0 Å². The SMILES string of the molecule is CC(C)(C)c1[c-]c2c(cc1)-c1ccc(C(C)(C)C)cc1C2.C[C](C)=[Zr+2].[C-]1=CC(C2CCCCC2)=CC1.[Cl-].[Cl-]. The third-order valence-electron chi connectivity index (χ3n) is 7.26. The minimum atomic E-state index is 0. The van der Waals surface area contributed by atoms with E-state index in [9.17, 15) is 0 Å². The van der Waals surface area contributed by atoms with E-state index in [2.05, 4.69) is 110 Å². The molecule has 0 unspecified atom stereocenters. The zero-order valence-electron chi connectivity index (χ0n) is 24.8. The Labute approximate surface area is 261 Å². The maximum Gasteiger partial charge on any atom is -0.0534 e. The van der Waals surface area contributed by atoms with Crippen molar-refractivity contribution in [3.05, 3.63) is 82.5 Å². The van der Waals surface area contributed by atoms with Crippen molar-refractivity contribution in [3.8, 4) is 11.1 Å². The van der Waals surface area contributed by atoms with Crippen molar-refractivity contribution in [2.24, 2.45) is 5.92 Å². The molecule has 0 saturated heterocycles. The number of fused-ring (bicyclic) bond motifs is 3. The first-order valence-electron chi connectivity index (χ1n) is 13.8. The fourth-order valence-electron chi connectivity index (χ4n) is 5.16. The molecule has 0 heterocycles. The second kappa shape index (κ2) is 15.3. The molecule has 5 rings (SSSR count). The van der Waals surface area contributed by atoms with Crippen LogP contribution in [0.15, 0.2) is 48.1 Å². The predicted molar refractivity (Wildman–Crippen MR) is 154 cm³/mol. The fourth-order valence-corrected chi connectivity index (χ4v) is 5.16. The molecule has 38 heavy (non-hydrogen) atoms. The van der Waals surface area contributed by atoms with Gasteiger partial charge in [0, 0.05) is 0 Å². The number of halogens is 2. The van der Waals surface area contributed by atoms with Crippen LogP contribution in [0.2, 0.25) is 0 Å². The smallest absolute Gasteiger partial charge is 0.0534 e. The van der Waals surface area contributed by atoms with E-state index >= 15 is 0 Å². The van der Waals surface area contributed by atoms with Gasteiger partial charge in [-0.15, -0.1) is 17.5 Å². The van der Waals surface area contributed by atoms with Gasteiger partial charge in [0.05, 0.1) is 0 Å². The van der Waals surface area contributed by atoms with Crippen LogP contribution in [0.5, 0.6) is 0 Å². The van der Waals surface area contributed by atoms with Gasteiger partial charge in [0.1, 0.15) is 0 Å². The second-order valence-corrected chi connectivity index (χ2v) is 15.4. The van der Waals surface area contributed by atoms with Crippen LogP contribution in [0.25, 0.3) is 11.1 Å². The second-order valence-electron chi connectivity index (χ2n) is 12.9. The monoisotopic (exact) mass is 626 g/mol. The van der Waals surface area contributed by atoms with E-state index in [0.717, 1.165) is 18.8 Å². The number of rotatable bonds is 1. The van der Waals surface area contributed by atoms with Crippen molar-refractivity contribution in [1.82, 2.24) is 0 Å². The van der Waals surface area contributed by atoms with E-state index in [1.807, 2.05) is 0 Å². The average Bonchev–Trinajstić information content (AvgIpc) is 3.46. The van der Waals surface area contributed by atoms with Crippen LogP contribution in [0, 0.1) is 18.1 Å². The number of allylic oxidation sites excluding steroid dienone is 4. The summed E-state index contributed by atoms with van der Waals surface area (Å²) < 4.78 is 1.51. The number of benzene rings is 2. The van der Waals surface area contributed by atoms with Crippen LogP contribution in [0.3, 0.4) is 0 Å². The van der Waals surface area contributed by atoms with Gasteiger partial charge in [-0.1, -0.05) is 103 Å². The maximum atomic E-state index is 3.67. The molecule has 0 N–H and O–H groups in total. The van der Waals surface area contributed by atoms with Gasteiger partial charge in [-0.3, -0.25) is 6.08 Å². The van der Waals surface area contributed by atoms with Crippen molar-refractivity contribution in [1.29, 1.82) is 0 Å². The molecule has 3 heteroatoms. The van der Waals surface area contributed by atoms with Gasteiger partial charge in [-0.2, -0.15) is 35.4 Å². The Balaban J connectivity index is 0.000000358. The Kier molecular flexibility index (Phi) is 14.2. The third-order valence-corrected chi connectivity index (χ3v) is 7.26. The molecule has 1 saturated carbocycles. The minimum absolute atomic E-state index is 0. The van der Waals surface area contributed by atoms with E-state index in [1.165, 1.54) is 68.7 Å². The molecule has 2 aromatic rings. The predicted octanol–water partition coefficient (Wildman–Crippen LogP) is 3.66. The Hall–Kier alpha value is -0.747. The summed E-state index contributed by atoms with van der Waals surface area (Å²) in [6, 6.07) is 15.2. The zero-order chi connectivity index (χ0) is 26.5. The molecular formula is C35H46Cl2Zr-2. The van der Waals surface area contributed by atoms with Crippen molar-refractivity contribution in [2.75, 3.05) is 0 Å². The summed E-state index contributed by atoms with van der Waals surface area (Å²) in [5.74, 6) is 0.888. The first-order chi connectivity index (χ1) is 16.9. The van der Waals surface area contributed by atoms with E-state index in [0.29, 0.717) is 0 Å². The van der Waals surface area contributed by atoms with Gasteiger partial charge in [-0.05, 0) is 28.4 Å². The molecule has 3 aliphatic rings. The topological polar surface area (TPSA) is 0 Å². The number of hydrogen-bond acceptors (Lipinski definition) is 0. The molecule has 3 aliphatic carbocycles. The first-order valence-corrected chi connectivity index (χ1v) is 15.1. The summed E-state index contributed by atoms with van der Waals surface area (Å²) in [7, 11) is 0. The van der Waals surface area contributed by atoms with Gasteiger partial charge in [0.15, 0.2) is 0 Å². The minimum Gasteiger partial charge on any atom is -1.00 e. The van der Waals surface area contributed by atoms with Crippen molar-refractivity contribution in [2.45, 2.75) is 111 Å². The van der Waals surface area contributed by atoms with Crippen LogP contribution < -0.4 is 24.8 Å². The van der Waals surface area contributed by atoms with Crippen LogP contribution >= 0.6 is 0 Å². The van der Waals surface area contributed by atoms with E-state index in [-0.39, 0.29) is 35.6 Å². The molecule has 0 radical (unpaired) electrons. The van der Waals surface area contributed by atoms with Crippen LogP contribution in [0.4, 0.5) is 0 Å². The average molecular weight is 629 g/mol. The van der Waals surface area contributed by atoms with Gasteiger partial charge < -0.3 is 24.8 Å².